The lowest BCUT2D eigenvalue weighted by atomic mass is 9.79. The van der Waals surface area contributed by atoms with Gasteiger partial charge in [-0.1, -0.05) is 70.5 Å². The molecule has 170 valence electrons. The molecule has 0 aliphatic carbocycles. The number of nitrogens with zero attached hydrogens (tertiary/aromatic N) is 1. The molecular formula is C28H27F2NO2. The Bertz CT molecular complexity index is 1150. The minimum atomic E-state index is -1.08. The highest BCUT2D eigenvalue weighted by Gasteiger charge is 2.20. The van der Waals surface area contributed by atoms with E-state index < -0.39 is 23.2 Å². The fourth-order valence-electron chi connectivity index (χ4n) is 3.78. The van der Waals surface area contributed by atoms with Crippen molar-refractivity contribution in [2.24, 2.45) is 5.41 Å². The Morgan fingerprint density at radius 2 is 1.52 bits per heavy atom. The van der Waals surface area contributed by atoms with E-state index in [2.05, 4.69) is 52.0 Å². The zero-order valence-electron chi connectivity index (χ0n) is 19.3. The van der Waals surface area contributed by atoms with Crippen LogP contribution in [0.1, 0.15) is 67.9 Å². The fourth-order valence-corrected chi connectivity index (χ4v) is 3.78. The smallest absolute Gasteiger partial charge is 0.343 e. The molecule has 3 aromatic rings. The minimum Gasteiger partial charge on any atom is -0.423 e. The Balaban J connectivity index is 1.70. The van der Waals surface area contributed by atoms with Gasteiger partial charge in [0.25, 0.3) is 0 Å². The van der Waals surface area contributed by atoms with E-state index in [1.807, 2.05) is 0 Å². The molecule has 0 fully saturated rings. The maximum atomic E-state index is 13.7. The molecule has 1 unspecified atom stereocenters. The summed E-state index contributed by atoms with van der Waals surface area (Å²) >= 11 is 0. The van der Waals surface area contributed by atoms with Crippen molar-refractivity contribution < 1.29 is 18.3 Å². The number of carbonyl (C=O) groups is 1. The van der Waals surface area contributed by atoms with Gasteiger partial charge in [0.15, 0.2) is 0 Å². The van der Waals surface area contributed by atoms with Crippen molar-refractivity contribution in [2.75, 3.05) is 0 Å². The summed E-state index contributed by atoms with van der Waals surface area (Å²) in [6.45, 7) is 9.05. The number of halogens is 2. The average molecular weight is 448 g/mol. The zero-order chi connectivity index (χ0) is 24.2. The molecule has 0 saturated heterocycles. The summed E-state index contributed by atoms with van der Waals surface area (Å²) < 4.78 is 32.5. The van der Waals surface area contributed by atoms with Crippen LogP contribution in [0.5, 0.6) is 5.75 Å². The summed E-state index contributed by atoms with van der Waals surface area (Å²) in [6.07, 6.45) is 2.26. The SMILES string of the molecule is CCC(C)(C)CC(C)c1ccc(-c2ccc(C(=O)Oc3cc(F)c(C#N)c(F)c3)cc2)cc1. The van der Waals surface area contributed by atoms with Crippen LogP contribution in [0.3, 0.4) is 0 Å². The second-order valence-corrected chi connectivity index (χ2v) is 9.09. The zero-order valence-corrected chi connectivity index (χ0v) is 19.3. The second kappa shape index (κ2) is 9.95. The van der Waals surface area contributed by atoms with Crippen LogP contribution in [-0.4, -0.2) is 5.97 Å². The molecule has 3 rings (SSSR count). The molecule has 5 heteroatoms. The van der Waals surface area contributed by atoms with Gasteiger partial charge in [-0.15, -0.1) is 0 Å². The van der Waals surface area contributed by atoms with Gasteiger partial charge in [-0.25, -0.2) is 13.6 Å². The summed E-state index contributed by atoms with van der Waals surface area (Å²) in [4.78, 5) is 12.4. The third-order valence-electron chi connectivity index (χ3n) is 6.09. The average Bonchev–Trinajstić information content (AvgIpc) is 2.79. The Morgan fingerprint density at radius 1 is 1.00 bits per heavy atom. The van der Waals surface area contributed by atoms with Crippen molar-refractivity contribution in [1.82, 2.24) is 0 Å². The Kier molecular flexibility index (Phi) is 7.28. The molecule has 3 nitrogen and oxygen atoms in total. The predicted octanol–water partition coefficient (Wildman–Crippen LogP) is 7.65. The van der Waals surface area contributed by atoms with Crippen molar-refractivity contribution in [3.8, 4) is 22.9 Å². The van der Waals surface area contributed by atoms with Crippen molar-refractivity contribution in [3.63, 3.8) is 0 Å². The van der Waals surface area contributed by atoms with Crippen LogP contribution in [0.15, 0.2) is 60.7 Å². The van der Waals surface area contributed by atoms with Crippen LogP contribution in [0, 0.1) is 28.4 Å². The number of ether oxygens (including phenoxy) is 1. The van der Waals surface area contributed by atoms with E-state index >= 15 is 0 Å². The quantitative estimate of drug-likeness (QED) is 0.276. The van der Waals surface area contributed by atoms with Gasteiger partial charge in [0.05, 0.1) is 5.56 Å². The molecule has 0 amide bonds. The van der Waals surface area contributed by atoms with Crippen LogP contribution in [-0.2, 0) is 0 Å². The fraction of sp³-hybridized carbons (Fsp3) is 0.286. The van der Waals surface area contributed by atoms with Crippen molar-refractivity contribution in [1.29, 1.82) is 5.26 Å². The van der Waals surface area contributed by atoms with E-state index in [9.17, 15) is 13.6 Å². The van der Waals surface area contributed by atoms with Crippen LogP contribution in [0.2, 0.25) is 0 Å². The van der Waals surface area contributed by atoms with Gasteiger partial charge < -0.3 is 4.74 Å². The third kappa shape index (κ3) is 5.84. The first kappa shape index (κ1) is 24.1. The van der Waals surface area contributed by atoms with Gasteiger partial charge >= 0.3 is 5.97 Å². The predicted molar refractivity (Wildman–Crippen MR) is 125 cm³/mol. The number of benzene rings is 3. The largest absolute Gasteiger partial charge is 0.423 e. The van der Waals surface area contributed by atoms with E-state index in [-0.39, 0.29) is 11.3 Å². The molecule has 0 N–H and O–H groups in total. The monoisotopic (exact) mass is 447 g/mol. The van der Waals surface area contributed by atoms with E-state index in [1.54, 1.807) is 24.3 Å². The summed E-state index contributed by atoms with van der Waals surface area (Å²) in [5.74, 6) is -2.73. The maximum Gasteiger partial charge on any atom is 0.343 e. The highest BCUT2D eigenvalue weighted by Crippen LogP contribution is 2.34. The van der Waals surface area contributed by atoms with E-state index in [1.165, 1.54) is 11.6 Å². The number of hydrogen-bond donors (Lipinski definition) is 0. The molecule has 0 saturated carbocycles. The standard InChI is InChI=1S/C28H27F2NO2/c1-5-28(3,4)16-18(2)19-6-8-20(9-7-19)21-10-12-22(13-11-21)27(32)33-23-14-25(29)24(17-31)26(30)15-23/h6-15,18H,5,16H2,1-4H3. The highest BCUT2D eigenvalue weighted by atomic mass is 19.1. The number of nitriles is 1. The normalized spacial score (nSPS) is 12.2. The summed E-state index contributed by atoms with van der Waals surface area (Å²) in [7, 11) is 0. The molecule has 0 aromatic heterocycles. The second-order valence-electron chi connectivity index (χ2n) is 9.09. The molecule has 0 bridgehead atoms. The molecule has 33 heavy (non-hydrogen) atoms. The molecule has 0 spiro atoms. The van der Waals surface area contributed by atoms with Gasteiger partial charge in [0.2, 0.25) is 0 Å². The Hall–Kier alpha value is -3.52. The molecule has 0 radical (unpaired) electrons. The van der Waals surface area contributed by atoms with Gasteiger partial charge in [-0.05, 0) is 46.6 Å². The summed E-state index contributed by atoms with van der Waals surface area (Å²) in [6, 6.07) is 18.3. The third-order valence-corrected chi connectivity index (χ3v) is 6.09. The van der Waals surface area contributed by atoms with Crippen LogP contribution < -0.4 is 4.74 Å². The van der Waals surface area contributed by atoms with Gasteiger partial charge in [-0.2, -0.15) is 5.26 Å². The lowest BCUT2D eigenvalue weighted by Crippen LogP contribution is -2.13. The van der Waals surface area contributed by atoms with Crippen molar-refractivity contribution >= 4 is 5.97 Å². The molecule has 0 aliphatic heterocycles. The number of hydrogen-bond acceptors (Lipinski definition) is 3. The maximum absolute atomic E-state index is 13.7. The van der Waals surface area contributed by atoms with Gasteiger partial charge in [-0.3, -0.25) is 0 Å². The first-order chi connectivity index (χ1) is 15.6. The van der Waals surface area contributed by atoms with Gasteiger partial charge in [0.1, 0.15) is 29.0 Å². The van der Waals surface area contributed by atoms with Crippen LogP contribution in [0.4, 0.5) is 8.78 Å². The Labute approximate surface area is 193 Å². The minimum absolute atomic E-state index is 0.246. The van der Waals surface area contributed by atoms with E-state index in [4.69, 9.17) is 10.00 Å². The van der Waals surface area contributed by atoms with Crippen LogP contribution >= 0.6 is 0 Å². The first-order valence-electron chi connectivity index (χ1n) is 10.9. The lowest BCUT2D eigenvalue weighted by molar-refractivity contribution is 0.0734. The number of carbonyl (C=O) groups excluding carboxylic acids is 1. The lowest BCUT2D eigenvalue weighted by Gasteiger charge is -2.27. The first-order valence-corrected chi connectivity index (χ1v) is 10.9. The van der Waals surface area contributed by atoms with E-state index in [0.717, 1.165) is 36.1 Å². The molecular weight excluding hydrogens is 420 g/mol. The van der Waals surface area contributed by atoms with Gasteiger partial charge in [0, 0.05) is 12.1 Å². The molecule has 0 aliphatic rings. The van der Waals surface area contributed by atoms with Crippen LogP contribution in [0.25, 0.3) is 11.1 Å². The Morgan fingerprint density at radius 3 is 2.00 bits per heavy atom. The van der Waals surface area contributed by atoms with Crippen molar-refractivity contribution in [3.05, 3.63) is 89.0 Å². The number of rotatable bonds is 7. The molecule has 3 aromatic carbocycles. The topological polar surface area (TPSA) is 50.1 Å². The molecule has 1 atom stereocenters. The highest BCUT2D eigenvalue weighted by molar-refractivity contribution is 5.91. The van der Waals surface area contributed by atoms with Crippen molar-refractivity contribution in [2.45, 2.75) is 46.5 Å². The number of esters is 1. The summed E-state index contributed by atoms with van der Waals surface area (Å²) in [5, 5.41) is 8.73. The summed E-state index contributed by atoms with van der Waals surface area (Å²) in [5.41, 5.74) is 3.09. The molecule has 0 heterocycles. The van der Waals surface area contributed by atoms with E-state index in [0.29, 0.717) is 11.3 Å².